The molecule has 1 aliphatic carbocycles. The van der Waals surface area contributed by atoms with Gasteiger partial charge in [0.05, 0.1) is 5.92 Å². The van der Waals surface area contributed by atoms with Crippen LogP contribution in [0.15, 0.2) is 48.5 Å². The molecule has 0 saturated heterocycles. The summed E-state index contributed by atoms with van der Waals surface area (Å²) in [6.45, 7) is 13.1. The van der Waals surface area contributed by atoms with E-state index in [1.807, 2.05) is 25.1 Å². The minimum absolute atomic E-state index is 0.0215. The smallest absolute Gasteiger partial charge is 0.224 e. The maximum absolute atomic E-state index is 13.1. The fraction of sp³-hybridized carbons (Fsp3) is 0.500. The van der Waals surface area contributed by atoms with Gasteiger partial charge >= 0.3 is 0 Å². The number of amides is 1. The summed E-state index contributed by atoms with van der Waals surface area (Å²) in [4.78, 5) is 15.5. The molecule has 162 valence electrons. The molecule has 2 aromatic carbocycles. The first kappa shape index (κ1) is 22.4. The number of likely N-dealkylation sites (N-methyl/N-ethyl adjacent to an activating group) is 1. The van der Waals surface area contributed by atoms with Gasteiger partial charge in [-0.25, -0.2) is 0 Å². The predicted molar refractivity (Wildman–Crippen MR) is 123 cm³/mol. The summed E-state index contributed by atoms with van der Waals surface area (Å²) in [5, 5.41) is 13.1. The van der Waals surface area contributed by atoms with Crippen molar-refractivity contribution in [3.63, 3.8) is 0 Å². The molecule has 4 atom stereocenters. The highest BCUT2D eigenvalue weighted by atomic mass is 16.3. The van der Waals surface area contributed by atoms with Gasteiger partial charge in [-0.1, -0.05) is 70.2 Å². The molecule has 0 aliphatic heterocycles. The highest BCUT2D eigenvalue weighted by Gasteiger charge is 2.62. The molecular weight excluding hydrogens is 372 g/mol. The molecule has 2 N–H and O–H groups in total. The van der Waals surface area contributed by atoms with E-state index in [1.54, 1.807) is 6.07 Å². The van der Waals surface area contributed by atoms with Gasteiger partial charge < -0.3 is 10.4 Å². The van der Waals surface area contributed by atoms with Gasteiger partial charge in [-0.3, -0.25) is 9.69 Å². The molecule has 0 spiro atoms. The molecule has 4 heteroatoms. The van der Waals surface area contributed by atoms with E-state index < -0.39 is 0 Å². The SMILES string of the molecule is CCN(CC)[C@H](CNC(=O)C1C(C)[C@]1(C)c1ccccc1)Cc1ccc(O)c(C)c1. The Kier molecular flexibility index (Phi) is 6.87. The Hall–Kier alpha value is -2.33. The molecular formula is C26H36N2O2. The highest BCUT2D eigenvalue weighted by molar-refractivity contribution is 5.85. The Labute approximate surface area is 181 Å². The standard InChI is InChI=1S/C26H36N2O2/c1-6-28(7-2)22(16-20-13-14-23(29)18(3)15-20)17-27-25(30)24-19(4)26(24,5)21-11-9-8-10-12-21/h8-15,19,22,24,29H,6-7,16-17H2,1-5H3,(H,27,30)/t19?,22-,24?,26+/m0/s1. The van der Waals surface area contributed by atoms with Gasteiger partial charge in [0.15, 0.2) is 0 Å². The van der Waals surface area contributed by atoms with Crippen LogP contribution in [-0.4, -0.2) is 41.6 Å². The number of nitrogens with one attached hydrogen (secondary N) is 1. The Morgan fingerprint density at radius 3 is 2.43 bits per heavy atom. The second kappa shape index (κ2) is 9.22. The molecule has 1 aliphatic rings. The summed E-state index contributed by atoms with van der Waals surface area (Å²) in [5.74, 6) is 0.849. The molecule has 0 radical (unpaired) electrons. The second-order valence-corrected chi connectivity index (χ2v) is 8.86. The Balaban J connectivity index is 1.68. The minimum atomic E-state index is -0.0793. The first-order valence-corrected chi connectivity index (χ1v) is 11.2. The van der Waals surface area contributed by atoms with E-state index in [4.69, 9.17) is 0 Å². The third kappa shape index (κ3) is 4.39. The van der Waals surface area contributed by atoms with Gasteiger partial charge in [-0.05, 0) is 55.1 Å². The van der Waals surface area contributed by atoms with Crippen molar-refractivity contribution in [1.29, 1.82) is 0 Å². The van der Waals surface area contributed by atoms with E-state index >= 15 is 0 Å². The lowest BCUT2D eigenvalue weighted by Crippen LogP contribution is -2.45. The number of phenolic OH excluding ortho intramolecular Hbond substituents is 1. The van der Waals surface area contributed by atoms with Crippen molar-refractivity contribution >= 4 is 5.91 Å². The van der Waals surface area contributed by atoms with Gasteiger partial charge in [0.1, 0.15) is 5.75 Å². The third-order valence-electron chi connectivity index (χ3n) is 7.23. The lowest BCUT2D eigenvalue weighted by molar-refractivity contribution is -0.123. The van der Waals surface area contributed by atoms with E-state index in [1.165, 1.54) is 11.1 Å². The fourth-order valence-electron chi connectivity index (χ4n) is 4.98. The Bertz CT molecular complexity index is 863. The molecule has 3 rings (SSSR count). The average Bonchev–Trinajstić information content (AvgIpc) is 3.31. The molecule has 1 fully saturated rings. The summed E-state index contributed by atoms with van der Waals surface area (Å²) in [6.07, 6.45) is 0.846. The number of benzene rings is 2. The monoisotopic (exact) mass is 408 g/mol. The van der Waals surface area contributed by atoms with E-state index in [2.05, 4.69) is 62.2 Å². The van der Waals surface area contributed by atoms with Crippen molar-refractivity contribution in [3.05, 3.63) is 65.2 Å². The molecule has 4 nitrogen and oxygen atoms in total. The number of hydrogen-bond acceptors (Lipinski definition) is 3. The van der Waals surface area contributed by atoms with E-state index in [0.717, 1.165) is 25.1 Å². The first-order chi connectivity index (χ1) is 14.3. The number of carbonyl (C=O) groups excluding carboxylic acids is 1. The van der Waals surface area contributed by atoms with Crippen LogP contribution in [0.25, 0.3) is 0 Å². The van der Waals surface area contributed by atoms with Crippen LogP contribution in [0.3, 0.4) is 0 Å². The zero-order valence-corrected chi connectivity index (χ0v) is 19.0. The predicted octanol–water partition coefficient (Wildman–Crippen LogP) is 4.29. The minimum Gasteiger partial charge on any atom is -0.508 e. The molecule has 2 aromatic rings. The number of aromatic hydroxyl groups is 1. The number of rotatable bonds is 9. The van der Waals surface area contributed by atoms with Crippen molar-refractivity contribution in [2.75, 3.05) is 19.6 Å². The van der Waals surface area contributed by atoms with E-state index in [9.17, 15) is 9.90 Å². The number of nitrogens with zero attached hydrogens (tertiary/aromatic N) is 1. The first-order valence-electron chi connectivity index (χ1n) is 11.2. The largest absolute Gasteiger partial charge is 0.508 e. The lowest BCUT2D eigenvalue weighted by Gasteiger charge is -2.30. The zero-order valence-electron chi connectivity index (χ0n) is 19.0. The fourth-order valence-corrected chi connectivity index (χ4v) is 4.98. The van der Waals surface area contributed by atoms with Crippen LogP contribution >= 0.6 is 0 Å². The zero-order chi connectivity index (χ0) is 21.9. The molecule has 0 bridgehead atoms. The van der Waals surface area contributed by atoms with Crippen molar-refractivity contribution in [1.82, 2.24) is 10.2 Å². The lowest BCUT2D eigenvalue weighted by atomic mass is 9.94. The Morgan fingerprint density at radius 2 is 1.83 bits per heavy atom. The summed E-state index contributed by atoms with van der Waals surface area (Å²) >= 11 is 0. The maximum atomic E-state index is 13.1. The Morgan fingerprint density at radius 1 is 1.17 bits per heavy atom. The van der Waals surface area contributed by atoms with Crippen LogP contribution in [0.5, 0.6) is 5.75 Å². The van der Waals surface area contributed by atoms with Gasteiger partial charge in [0.2, 0.25) is 5.91 Å². The van der Waals surface area contributed by atoms with Crippen LogP contribution in [0, 0.1) is 18.8 Å². The van der Waals surface area contributed by atoms with Gasteiger partial charge in [0.25, 0.3) is 0 Å². The molecule has 1 amide bonds. The van der Waals surface area contributed by atoms with E-state index in [-0.39, 0.29) is 23.3 Å². The average molecular weight is 409 g/mol. The third-order valence-corrected chi connectivity index (χ3v) is 7.23. The maximum Gasteiger partial charge on any atom is 0.224 e. The van der Waals surface area contributed by atoms with Crippen molar-refractivity contribution < 1.29 is 9.90 Å². The van der Waals surface area contributed by atoms with Gasteiger partial charge in [-0.2, -0.15) is 0 Å². The summed E-state index contributed by atoms with van der Waals surface area (Å²) in [6, 6.07) is 16.4. The summed E-state index contributed by atoms with van der Waals surface area (Å²) in [5.41, 5.74) is 3.24. The van der Waals surface area contributed by atoms with Crippen LogP contribution in [0.2, 0.25) is 0 Å². The van der Waals surface area contributed by atoms with Gasteiger partial charge in [0, 0.05) is 18.0 Å². The summed E-state index contributed by atoms with van der Waals surface area (Å²) < 4.78 is 0. The normalized spacial score (nSPS) is 23.9. The molecule has 30 heavy (non-hydrogen) atoms. The molecule has 0 aromatic heterocycles. The van der Waals surface area contributed by atoms with Crippen molar-refractivity contribution in [2.24, 2.45) is 11.8 Å². The van der Waals surface area contributed by atoms with Crippen LogP contribution in [0.1, 0.15) is 44.4 Å². The highest BCUT2D eigenvalue weighted by Crippen LogP contribution is 2.59. The summed E-state index contributed by atoms with van der Waals surface area (Å²) in [7, 11) is 0. The quantitative estimate of drug-likeness (QED) is 0.651. The number of aryl methyl sites for hydroxylation is 1. The van der Waals surface area contributed by atoms with Crippen LogP contribution < -0.4 is 5.32 Å². The van der Waals surface area contributed by atoms with Crippen molar-refractivity contribution in [3.8, 4) is 5.75 Å². The van der Waals surface area contributed by atoms with E-state index in [0.29, 0.717) is 18.2 Å². The number of hydrogen-bond donors (Lipinski definition) is 2. The number of phenols is 1. The van der Waals surface area contributed by atoms with Crippen molar-refractivity contribution in [2.45, 2.75) is 52.5 Å². The topological polar surface area (TPSA) is 52.6 Å². The van der Waals surface area contributed by atoms with Crippen LogP contribution in [0.4, 0.5) is 0 Å². The van der Waals surface area contributed by atoms with Gasteiger partial charge in [-0.15, -0.1) is 0 Å². The second-order valence-electron chi connectivity index (χ2n) is 8.86. The molecule has 2 unspecified atom stereocenters. The molecule has 1 saturated carbocycles. The van der Waals surface area contributed by atoms with Crippen LogP contribution in [-0.2, 0) is 16.6 Å². The number of carbonyl (C=O) groups is 1. The molecule has 0 heterocycles.